The zero-order valence-corrected chi connectivity index (χ0v) is 23.0. The van der Waals surface area contributed by atoms with Gasteiger partial charge in [-0.05, 0) is 66.9 Å². The van der Waals surface area contributed by atoms with Gasteiger partial charge in [0.25, 0.3) is 0 Å². The Labute approximate surface area is 237 Å². The van der Waals surface area contributed by atoms with Crippen LogP contribution in [-0.4, -0.2) is 54.6 Å². The molecule has 1 aliphatic heterocycles. The number of amides is 2. The summed E-state index contributed by atoms with van der Waals surface area (Å²) in [6.07, 6.45) is -3.68. The number of hydrogen-bond donors (Lipinski definition) is 2. The molecular weight excluding hydrogens is 534 g/mol. The number of hydrogen-bond acceptors (Lipinski definition) is 4. The van der Waals surface area contributed by atoms with E-state index >= 15 is 0 Å². The smallest absolute Gasteiger partial charge is 0.336 e. The van der Waals surface area contributed by atoms with Crippen molar-refractivity contribution in [3.8, 4) is 17.2 Å². The summed E-state index contributed by atoms with van der Waals surface area (Å²) in [5, 5.41) is 14.4. The van der Waals surface area contributed by atoms with Crippen molar-refractivity contribution >= 4 is 11.7 Å². The quantitative estimate of drug-likeness (QED) is 0.299. The van der Waals surface area contributed by atoms with Crippen LogP contribution in [0.25, 0.3) is 11.1 Å². The molecule has 3 aromatic rings. The second kappa shape index (κ2) is 13.1. The summed E-state index contributed by atoms with van der Waals surface area (Å²) in [7, 11) is 0. The van der Waals surface area contributed by atoms with Gasteiger partial charge in [-0.2, -0.15) is 18.4 Å². The zero-order chi connectivity index (χ0) is 29.6. The number of benzene rings is 3. The number of nitrogens with one attached hydrogen (secondary N) is 2. The predicted molar refractivity (Wildman–Crippen MR) is 151 cm³/mol. The van der Waals surface area contributed by atoms with Crippen LogP contribution in [0.3, 0.4) is 0 Å². The van der Waals surface area contributed by atoms with Crippen molar-refractivity contribution in [1.29, 1.82) is 5.26 Å². The first-order valence-corrected chi connectivity index (χ1v) is 13.6. The number of anilines is 1. The van der Waals surface area contributed by atoms with E-state index in [9.17, 15) is 27.6 Å². The maximum atomic E-state index is 13.8. The Balaban J connectivity index is 1.53. The molecule has 0 saturated carbocycles. The van der Waals surface area contributed by atoms with Gasteiger partial charge in [-0.15, -0.1) is 0 Å². The van der Waals surface area contributed by atoms with E-state index in [0.717, 1.165) is 55.4 Å². The first kappa shape index (κ1) is 30.0. The Kier molecular flexibility index (Phi) is 9.63. The Morgan fingerprint density at radius 1 is 1.07 bits per heavy atom. The molecule has 6 nitrogen and oxygen atoms in total. The molecule has 0 spiro atoms. The number of halogens is 4. The average Bonchev–Trinajstić information content (AvgIpc) is 2.94. The summed E-state index contributed by atoms with van der Waals surface area (Å²) < 4.78 is 53.1. The van der Waals surface area contributed by atoms with Crippen LogP contribution >= 0.6 is 0 Å². The van der Waals surface area contributed by atoms with Crippen LogP contribution in [0.1, 0.15) is 43.0 Å². The third-order valence-corrected chi connectivity index (χ3v) is 7.26. The van der Waals surface area contributed by atoms with Crippen LogP contribution < -0.4 is 10.6 Å². The largest absolute Gasteiger partial charge is 0.416 e. The number of nitriles is 1. The molecule has 1 fully saturated rings. The summed E-state index contributed by atoms with van der Waals surface area (Å²) in [5.41, 5.74) is 1.94. The molecule has 3 aromatic carbocycles. The van der Waals surface area contributed by atoms with Crippen molar-refractivity contribution < 1.29 is 22.4 Å². The van der Waals surface area contributed by atoms with E-state index in [1.54, 1.807) is 6.07 Å². The van der Waals surface area contributed by atoms with E-state index in [4.69, 9.17) is 0 Å². The van der Waals surface area contributed by atoms with Crippen LogP contribution in [0.2, 0.25) is 0 Å². The third kappa shape index (κ3) is 7.84. The summed E-state index contributed by atoms with van der Waals surface area (Å²) >= 11 is 0. The molecule has 10 heteroatoms. The van der Waals surface area contributed by atoms with Gasteiger partial charge in [0.05, 0.1) is 23.2 Å². The molecule has 1 aliphatic rings. The average molecular weight is 568 g/mol. The first-order chi connectivity index (χ1) is 19.6. The molecule has 41 heavy (non-hydrogen) atoms. The minimum Gasteiger partial charge on any atom is -0.336 e. The zero-order valence-electron chi connectivity index (χ0n) is 23.0. The highest BCUT2D eigenvalue weighted by Crippen LogP contribution is 2.32. The number of nitrogens with zero attached hydrogens (tertiary/aromatic N) is 3. The van der Waals surface area contributed by atoms with Crippen molar-refractivity contribution in [3.05, 3.63) is 89.2 Å². The lowest BCUT2D eigenvalue weighted by Crippen LogP contribution is -2.54. The molecule has 0 aliphatic carbocycles. The van der Waals surface area contributed by atoms with Crippen molar-refractivity contribution in [2.24, 2.45) is 0 Å². The standard InChI is InChI=1S/C31H33F4N5O/c1-3-11-39-12-13-40(21(2)20-39)29(24-9-7-23(8-10-24)25-6-4-5-22(14-25)18-36)19-37-30(41)38-28-16-26(31(33,34)35)15-27(32)17-28/h4-10,14-17,21,29H,3,11-13,19-20H2,1-2H3,(H2,37,38,41)/t21-,29-/m0/s1. The van der Waals surface area contributed by atoms with Gasteiger partial charge in [0, 0.05) is 37.9 Å². The molecule has 216 valence electrons. The van der Waals surface area contributed by atoms with Gasteiger partial charge in [-0.1, -0.05) is 43.3 Å². The summed E-state index contributed by atoms with van der Waals surface area (Å²) in [6.45, 7) is 8.01. The number of alkyl halides is 3. The van der Waals surface area contributed by atoms with Crippen molar-refractivity contribution in [2.75, 3.05) is 38.0 Å². The second-order valence-electron chi connectivity index (χ2n) is 10.3. The number of rotatable bonds is 8. The van der Waals surface area contributed by atoms with Gasteiger partial charge in [0.15, 0.2) is 0 Å². The molecular formula is C31H33F4N5O. The number of piperazine rings is 1. The molecule has 0 radical (unpaired) electrons. The predicted octanol–water partition coefficient (Wildman–Crippen LogP) is 6.66. The van der Waals surface area contributed by atoms with Gasteiger partial charge in [-0.3, -0.25) is 4.90 Å². The molecule has 1 saturated heterocycles. The summed E-state index contributed by atoms with van der Waals surface area (Å²) in [4.78, 5) is 17.5. The van der Waals surface area contributed by atoms with Gasteiger partial charge >= 0.3 is 12.2 Å². The van der Waals surface area contributed by atoms with Crippen molar-refractivity contribution in [2.45, 2.75) is 38.5 Å². The van der Waals surface area contributed by atoms with E-state index in [0.29, 0.717) is 17.7 Å². The number of carbonyl (C=O) groups is 1. The van der Waals surface area contributed by atoms with E-state index < -0.39 is 23.6 Å². The van der Waals surface area contributed by atoms with Gasteiger partial charge < -0.3 is 15.5 Å². The topological polar surface area (TPSA) is 71.4 Å². The monoisotopic (exact) mass is 567 g/mol. The molecule has 2 atom stereocenters. The maximum Gasteiger partial charge on any atom is 0.416 e. The Morgan fingerprint density at radius 3 is 2.49 bits per heavy atom. The Hall–Kier alpha value is -3.94. The van der Waals surface area contributed by atoms with E-state index in [1.165, 1.54) is 0 Å². The normalized spacial score (nSPS) is 17.0. The minimum absolute atomic E-state index is 0.189. The van der Waals surface area contributed by atoms with Crippen LogP contribution in [-0.2, 0) is 6.18 Å². The van der Waals surface area contributed by atoms with Gasteiger partial charge in [0.1, 0.15) is 5.82 Å². The second-order valence-corrected chi connectivity index (χ2v) is 10.3. The summed E-state index contributed by atoms with van der Waals surface area (Å²) in [6, 6.07) is 18.6. The fraction of sp³-hybridized carbons (Fsp3) is 0.355. The molecule has 0 aromatic heterocycles. The van der Waals surface area contributed by atoms with Crippen molar-refractivity contribution in [1.82, 2.24) is 15.1 Å². The maximum absolute atomic E-state index is 13.8. The van der Waals surface area contributed by atoms with Crippen LogP contribution in [0.15, 0.2) is 66.7 Å². The fourth-order valence-electron chi connectivity index (χ4n) is 5.31. The van der Waals surface area contributed by atoms with E-state index in [1.807, 2.05) is 42.5 Å². The molecule has 1 heterocycles. The van der Waals surface area contributed by atoms with Gasteiger partial charge in [0.2, 0.25) is 0 Å². The Morgan fingerprint density at radius 2 is 1.83 bits per heavy atom. The summed E-state index contributed by atoms with van der Waals surface area (Å²) in [5.74, 6) is -1.09. The molecule has 2 N–H and O–H groups in total. The van der Waals surface area contributed by atoms with Crippen LogP contribution in [0, 0.1) is 17.1 Å². The highest BCUT2D eigenvalue weighted by Gasteiger charge is 2.32. The van der Waals surface area contributed by atoms with Gasteiger partial charge in [-0.25, -0.2) is 9.18 Å². The molecule has 4 rings (SSSR count). The third-order valence-electron chi connectivity index (χ3n) is 7.26. The number of urea groups is 1. The molecule has 0 unspecified atom stereocenters. The van der Waals surface area contributed by atoms with Crippen LogP contribution in [0.5, 0.6) is 0 Å². The van der Waals surface area contributed by atoms with E-state index in [2.05, 4.69) is 40.4 Å². The first-order valence-electron chi connectivity index (χ1n) is 13.6. The minimum atomic E-state index is -4.74. The lowest BCUT2D eigenvalue weighted by Gasteiger charge is -2.44. The lowest BCUT2D eigenvalue weighted by molar-refractivity contribution is -0.137. The highest BCUT2D eigenvalue weighted by molar-refractivity contribution is 5.89. The molecule has 2 amide bonds. The van der Waals surface area contributed by atoms with E-state index in [-0.39, 0.29) is 24.3 Å². The highest BCUT2D eigenvalue weighted by atomic mass is 19.4. The molecule has 0 bridgehead atoms. The lowest BCUT2D eigenvalue weighted by atomic mass is 9.97. The number of carbonyl (C=O) groups excluding carboxylic acids is 1. The SMILES string of the molecule is CCCN1CCN([C@@H](CNC(=O)Nc2cc(F)cc(C(F)(F)F)c2)c2ccc(-c3cccc(C#N)c3)cc2)[C@@H](C)C1. The van der Waals surface area contributed by atoms with Crippen molar-refractivity contribution in [3.63, 3.8) is 0 Å². The Bertz CT molecular complexity index is 1390. The fourth-order valence-corrected chi connectivity index (χ4v) is 5.31. The van der Waals surface area contributed by atoms with Crippen LogP contribution in [0.4, 0.5) is 28.0 Å².